The molecule has 25 heavy (non-hydrogen) atoms. The number of aromatic nitrogens is 1. The number of nitrogens with zero attached hydrogens (tertiary/aromatic N) is 2. The van der Waals surface area contributed by atoms with E-state index in [0.29, 0.717) is 17.3 Å². The van der Waals surface area contributed by atoms with Gasteiger partial charge < -0.3 is 15.0 Å². The minimum absolute atomic E-state index is 0.0463. The molecule has 0 fully saturated rings. The molecule has 0 aliphatic carbocycles. The van der Waals surface area contributed by atoms with E-state index in [2.05, 4.69) is 10.3 Å². The highest BCUT2D eigenvalue weighted by Gasteiger charge is 2.08. The van der Waals surface area contributed by atoms with Crippen LogP contribution in [0.3, 0.4) is 0 Å². The third-order valence-electron chi connectivity index (χ3n) is 3.53. The molecule has 3 rings (SSSR count). The molecular formula is C18H18ClN3O2S. The molecule has 0 aliphatic heterocycles. The fraction of sp³-hybridized carbons (Fsp3) is 0.222. The molecule has 0 saturated carbocycles. The lowest BCUT2D eigenvalue weighted by molar-refractivity contribution is -0.123. The molecule has 0 spiro atoms. The number of fused-ring (bicyclic) bond motifs is 1. The molecule has 130 valence electrons. The SMILES string of the molecule is CN(C)c1nc2ccc(OCC(=O)NCc3ccccc3Cl)cc2s1. The molecule has 0 saturated heterocycles. The van der Waals surface area contributed by atoms with Crippen molar-refractivity contribution in [1.29, 1.82) is 0 Å². The molecular weight excluding hydrogens is 358 g/mol. The van der Waals surface area contributed by atoms with E-state index in [1.165, 1.54) is 0 Å². The van der Waals surface area contributed by atoms with Gasteiger partial charge in [-0.1, -0.05) is 41.1 Å². The lowest BCUT2D eigenvalue weighted by atomic mass is 10.2. The Labute approximate surface area is 155 Å². The smallest absolute Gasteiger partial charge is 0.258 e. The molecule has 3 aromatic rings. The average molecular weight is 376 g/mol. The van der Waals surface area contributed by atoms with Gasteiger partial charge in [0, 0.05) is 25.7 Å². The van der Waals surface area contributed by atoms with Crippen LogP contribution in [0.25, 0.3) is 10.2 Å². The third-order valence-corrected chi connectivity index (χ3v) is 5.09. The van der Waals surface area contributed by atoms with Crippen LogP contribution >= 0.6 is 22.9 Å². The first-order valence-electron chi connectivity index (χ1n) is 7.74. The summed E-state index contributed by atoms with van der Waals surface area (Å²) < 4.78 is 6.61. The van der Waals surface area contributed by atoms with Crippen molar-refractivity contribution in [1.82, 2.24) is 10.3 Å². The fourth-order valence-corrected chi connectivity index (χ4v) is 3.33. The Morgan fingerprint density at radius 3 is 2.84 bits per heavy atom. The largest absolute Gasteiger partial charge is 0.484 e. The predicted octanol–water partition coefficient (Wildman–Crippen LogP) is 3.71. The van der Waals surface area contributed by atoms with Crippen LogP contribution in [0.2, 0.25) is 5.02 Å². The van der Waals surface area contributed by atoms with E-state index in [-0.39, 0.29) is 12.5 Å². The van der Waals surface area contributed by atoms with Gasteiger partial charge in [-0.15, -0.1) is 0 Å². The zero-order chi connectivity index (χ0) is 17.8. The first kappa shape index (κ1) is 17.5. The molecule has 0 bridgehead atoms. The second-order valence-electron chi connectivity index (χ2n) is 5.68. The molecule has 0 unspecified atom stereocenters. The number of nitrogens with one attached hydrogen (secondary N) is 1. The van der Waals surface area contributed by atoms with Gasteiger partial charge in [0.25, 0.3) is 5.91 Å². The highest BCUT2D eigenvalue weighted by molar-refractivity contribution is 7.22. The Morgan fingerprint density at radius 2 is 2.08 bits per heavy atom. The maximum atomic E-state index is 12.0. The zero-order valence-corrected chi connectivity index (χ0v) is 15.5. The minimum atomic E-state index is -0.196. The maximum Gasteiger partial charge on any atom is 0.258 e. The number of halogens is 1. The average Bonchev–Trinajstić information content (AvgIpc) is 3.03. The minimum Gasteiger partial charge on any atom is -0.484 e. The monoisotopic (exact) mass is 375 g/mol. The van der Waals surface area contributed by atoms with Gasteiger partial charge in [-0.25, -0.2) is 4.98 Å². The van der Waals surface area contributed by atoms with Gasteiger partial charge >= 0.3 is 0 Å². The zero-order valence-electron chi connectivity index (χ0n) is 14.0. The molecule has 2 aromatic carbocycles. The molecule has 1 N–H and O–H groups in total. The number of ether oxygens (including phenoxy) is 1. The van der Waals surface area contributed by atoms with Crippen molar-refractivity contribution in [3.8, 4) is 5.75 Å². The molecule has 5 nitrogen and oxygen atoms in total. The molecule has 1 aromatic heterocycles. The van der Waals surface area contributed by atoms with Crippen molar-refractivity contribution in [3.05, 3.63) is 53.1 Å². The molecule has 0 atom stereocenters. The first-order chi connectivity index (χ1) is 12.0. The quantitative estimate of drug-likeness (QED) is 0.713. The summed E-state index contributed by atoms with van der Waals surface area (Å²) >= 11 is 7.65. The Kier molecular flexibility index (Phi) is 5.40. The van der Waals surface area contributed by atoms with E-state index in [0.717, 1.165) is 20.9 Å². The van der Waals surface area contributed by atoms with Crippen molar-refractivity contribution < 1.29 is 9.53 Å². The number of anilines is 1. The van der Waals surface area contributed by atoms with Crippen LogP contribution < -0.4 is 15.0 Å². The predicted molar refractivity (Wildman–Crippen MR) is 103 cm³/mol. The summed E-state index contributed by atoms with van der Waals surface area (Å²) in [7, 11) is 3.91. The number of hydrogen-bond acceptors (Lipinski definition) is 5. The highest BCUT2D eigenvalue weighted by Crippen LogP contribution is 2.30. The van der Waals surface area contributed by atoms with Gasteiger partial charge in [-0.3, -0.25) is 4.79 Å². The van der Waals surface area contributed by atoms with Crippen LogP contribution in [0.15, 0.2) is 42.5 Å². The normalized spacial score (nSPS) is 10.7. The highest BCUT2D eigenvalue weighted by atomic mass is 35.5. The Morgan fingerprint density at radius 1 is 1.28 bits per heavy atom. The van der Waals surface area contributed by atoms with E-state index >= 15 is 0 Å². The van der Waals surface area contributed by atoms with Crippen molar-refractivity contribution in [3.63, 3.8) is 0 Å². The van der Waals surface area contributed by atoms with Gasteiger partial charge in [-0.05, 0) is 29.8 Å². The second-order valence-corrected chi connectivity index (χ2v) is 7.09. The van der Waals surface area contributed by atoms with Crippen LogP contribution in [0.5, 0.6) is 5.75 Å². The van der Waals surface area contributed by atoms with Gasteiger partial charge in [-0.2, -0.15) is 0 Å². The summed E-state index contributed by atoms with van der Waals surface area (Å²) in [5.41, 5.74) is 1.80. The number of benzene rings is 2. The standard InChI is InChI=1S/C18H18ClN3O2S/c1-22(2)18-21-15-8-7-13(9-16(15)25-18)24-11-17(23)20-10-12-5-3-4-6-14(12)19/h3-9H,10-11H2,1-2H3,(H,20,23). The Balaban J connectivity index is 1.56. The fourth-order valence-electron chi connectivity index (χ4n) is 2.21. The van der Waals surface area contributed by atoms with Gasteiger partial charge in [0.2, 0.25) is 0 Å². The molecule has 0 aliphatic rings. The van der Waals surface area contributed by atoms with E-state index in [9.17, 15) is 4.79 Å². The Bertz CT molecular complexity index is 895. The molecule has 1 amide bonds. The third kappa shape index (κ3) is 4.41. The maximum absolute atomic E-state index is 12.0. The number of carbonyl (C=O) groups is 1. The van der Waals surface area contributed by atoms with Crippen LogP contribution in [0.4, 0.5) is 5.13 Å². The van der Waals surface area contributed by atoms with Crippen molar-refractivity contribution in [2.45, 2.75) is 6.54 Å². The van der Waals surface area contributed by atoms with Crippen LogP contribution in [0, 0.1) is 0 Å². The van der Waals surface area contributed by atoms with Crippen LogP contribution in [-0.2, 0) is 11.3 Å². The van der Waals surface area contributed by atoms with Gasteiger partial charge in [0.05, 0.1) is 10.2 Å². The summed E-state index contributed by atoms with van der Waals surface area (Å²) in [5, 5.41) is 4.37. The van der Waals surface area contributed by atoms with Crippen molar-refractivity contribution in [2.75, 3.05) is 25.6 Å². The number of thiazole rings is 1. The van der Waals surface area contributed by atoms with Crippen LogP contribution in [-0.4, -0.2) is 31.6 Å². The van der Waals surface area contributed by atoms with E-state index in [1.807, 2.05) is 55.4 Å². The van der Waals surface area contributed by atoms with Crippen molar-refractivity contribution in [2.24, 2.45) is 0 Å². The number of amides is 1. The summed E-state index contributed by atoms with van der Waals surface area (Å²) in [6.45, 7) is 0.331. The summed E-state index contributed by atoms with van der Waals surface area (Å²) in [6, 6.07) is 13.0. The first-order valence-corrected chi connectivity index (χ1v) is 8.93. The second kappa shape index (κ2) is 7.72. The summed E-state index contributed by atoms with van der Waals surface area (Å²) in [6.07, 6.45) is 0. The van der Waals surface area contributed by atoms with E-state index in [1.54, 1.807) is 17.4 Å². The van der Waals surface area contributed by atoms with Gasteiger partial charge in [0.1, 0.15) is 5.75 Å². The molecule has 7 heteroatoms. The number of rotatable bonds is 6. The topological polar surface area (TPSA) is 54.5 Å². The number of hydrogen-bond donors (Lipinski definition) is 1. The molecule has 0 radical (unpaired) electrons. The lowest BCUT2D eigenvalue weighted by Gasteiger charge is -2.08. The number of carbonyl (C=O) groups excluding carboxylic acids is 1. The summed E-state index contributed by atoms with van der Waals surface area (Å²) in [5.74, 6) is 0.452. The Hall–Kier alpha value is -2.31. The van der Waals surface area contributed by atoms with Crippen LogP contribution in [0.1, 0.15) is 5.56 Å². The lowest BCUT2D eigenvalue weighted by Crippen LogP contribution is -2.28. The summed E-state index contributed by atoms with van der Waals surface area (Å²) in [4.78, 5) is 18.4. The van der Waals surface area contributed by atoms with E-state index < -0.39 is 0 Å². The van der Waals surface area contributed by atoms with Crippen molar-refractivity contribution >= 4 is 44.2 Å². The van der Waals surface area contributed by atoms with E-state index in [4.69, 9.17) is 16.3 Å². The molecule has 1 heterocycles. The van der Waals surface area contributed by atoms with Gasteiger partial charge in [0.15, 0.2) is 11.7 Å².